The molecule has 1 fully saturated rings. The van der Waals surface area contributed by atoms with Crippen molar-refractivity contribution in [1.29, 1.82) is 0 Å². The van der Waals surface area contributed by atoms with Gasteiger partial charge in [0.15, 0.2) is 0 Å². The van der Waals surface area contributed by atoms with Crippen LogP contribution in [0.1, 0.15) is 18.9 Å². The minimum absolute atomic E-state index is 0.0908. The van der Waals surface area contributed by atoms with Gasteiger partial charge in [-0.25, -0.2) is 0 Å². The Morgan fingerprint density at radius 3 is 2.67 bits per heavy atom. The monoisotopic (exact) mass is 311 g/mol. The summed E-state index contributed by atoms with van der Waals surface area (Å²) in [6, 6.07) is 5.53. The highest BCUT2D eigenvalue weighted by Crippen LogP contribution is 2.27. The van der Waals surface area contributed by atoms with Crippen molar-refractivity contribution in [2.45, 2.75) is 19.9 Å². The molecule has 1 atom stereocenters. The lowest BCUT2D eigenvalue weighted by atomic mass is 10.1. The number of carbonyl (C=O) groups excluding carboxylic acids is 2. The Bertz CT molecular complexity index is 501. The van der Waals surface area contributed by atoms with Gasteiger partial charge in [-0.15, -0.1) is 0 Å². The molecule has 0 aromatic heterocycles. The van der Waals surface area contributed by atoms with Gasteiger partial charge in [0.25, 0.3) is 0 Å². The Morgan fingerprint density at radius 2 is 2.17 bits per heavy atom. The molecular weight excluding hydrogens is 298 g/mol. The molecule has 1 unspecified atom stereocenters. The van der Waals surface area contributed by atoms with Gasteiger partial charge in [0.2, 0.25) is 11.8 Å². The van der Waals surface area contributed by atoms with Crippen molar-refractivity contribution < 1.29 is 14.3 Å². The fraction of sp³-hybridized carbons (Fsp3) is 0.385. The molecule has 96 valence electrons. The van der Waals surface area contributed by atoms with Crippen molar-refractivity contribution in [3.8, 4) is 5.75 Å². The Kier molecular flexibility index (Phi) is 3.71. The van der Waals surface area contributed by atoms with E-state index in [1.807, 2.05) is 18.2 Å². The number of hydrogen-bond acceptors (Lipinski definition) is 3. The summed E-state index contributed by atoms with van der Waals surface area (Å²) in [7, 11) is 1.59. The highest BCUT2D eigenvalue weighted by molar-refractivity contribution is 9.10. The van der Waals surface area contributed by atoms with E-state index in [2.05, 4.69) is 15.9 Å². The van der Waals surface area contributed by atoms with Crippen LogP contribution in [0.15, 0.2) is 22.7 Å². The number of amides is 2. The first-order valence-electron chi connectivity index (χ1n) is 5.69. The van der Waals surface area contributed by atoms with E-state index in [4.69, 9.17) is 4.74 Å². The highest BCUT2D eigenvalue weighted by atomic mass is 79.9. The zero-order valence-corrected chi connectivity index (χ0v) is 11.9. The summed E-state index contributed by atoms with van der Waals surface area (Å²) in [6.45, 7) is 2.11. The van der Waals surface area contributed by atoms with E-state index in [-0.39, 0.29) is 17.7 Å². The van der Waals surface area contributed by atoms with Crippen molar-refractivity contribution in [3.63, 3.8) is 0 Å². The molecule has 1 aromatic rings. The minimum atomic E-state index is -0.195. The van der Waals surface area contributed by atoms with Crippen LogP contribution in [0.4, 0.5) is 0 Å². The molecule has 0 radical (unpaired) electrons. The molecule has 18 heavy (non-hydrogen) atoms. The lowest BCUT2D eigenvalue weighted by Gasteiger charge is -2.15. The summed E-state index contributed by atoms with van der Waals surface area (Å²) in [5.41, 5.74) is 0.901. The molecule has 5 heteroatoms. The molecule has 1 heterocycles. The molecule has 0 spiro atoms. The molecule has 0 aliphatic carbocycles. The average Bonchev–Trinajstić information content (AvgIpc) is 2.56. The second-order valence-corrected chi connectivity index (χ2v) is 5.25. The normalized spacial score (nSPS) is 19.5. The van der Waals surface area contributed by atoms with Crippen molar-refractivity contribution in [3.05, 3.63) is 28.2 Å². The minimum Gasteiger partial charge on any atom is -0.496 e. The van der Waals surface area contributed by atoms with Crippen LogP contribution in [0.2, 0.25) is 0 Å². The van der Waals surface area contributed by atoms with Gasteiger partial charge in [-0.05, 0) is 33.6 Å². The Hall–Kier alpha value is -1.36. The first kappa shape index (κ1) is 13.1. The predicted molar refractivity (Wildman–Crippen MR) is 70.0 cm³/mol. The summed E-state index contributed by atoms with van der Waals surface area (Å²) in [4.78, 5) is 24.8. The van der Waals surface area contributed by atoms with Crippen molar-refractivity contribution in [2.24, 2.45) is 5.92 Å². The number of rotatable bonds is 3. The van der Waals surface area contributed by atoms with Crippen LogP contribution in [-0.2, 0) is 16.1 Å². The van der Waals surface area contributed by atoms with Crippen LogP contribution in [0, 0.1) is 5.92 Å². The maximum absolute atomic E-state index is 11.8. The predicted octanol–water partition coefficient (Wildman–Crippen LogP) is 2.35. The molecule has 1 aliphatic heterocycles. The quantitative estimate of drug-likeness (QED) is 0.805. The van der Waals surface area contributed by atoms with Gasteiger partial charge < -0.3 is 4.74 Å². The first-order valence-corrected chi connectivity index (χ1v) is 6.49. The van der Waals surface area contributed by atoms with Crippen LogP contribution in [-0.4, -0.2) is 23.8 Å². The number of methoxy groups -OCH3 is 1. The molecule has 0 N–H and O–H groups in total. The van der Waals surface area contributed by atoms with Gasteiger partial charge in [-0.2, -0.15) is 0 Å². The van der Waals surface area contributed by atoms with Crippen LogP contribution in [0.3, 0.4) is 0 Å². The Morgan fingerprint density at radius 1 is 1.44 bits per heavy atom. The molecular formula is C13H14BrNO3. The van der Waals surface area contributed by atoms with Crippen LogP contribution < -0.4 is 4.74 Å². The Labute approximate surface area is 114 Å². The molecule has 1 saturated heterocycles. The molecule has 2 amide bonds. The van der Waals surface area contributed by atoms with E-state index in [1.54, 1.807) is 14.0 Å². The summed E-state index contributed by atoms with van der Waals surface area (Å²) in [5, 5.41) is 0. The van der Waals surface area contributed by atoms with Gasteiger partial charge in [-0.1, -0.05) is 13.0 Å². The van der Waals surface area contributed by atoms with Crippen LogP contribution in [0.25, 0.3) is 0 Å². The number of benzene rings is 1. The summed E-state index contributed by atoms with van der Waals surface area (Å²) in [6.07, 6.45) is 0.316. The van der Waals surface area contributed by atoms with Crippen LogP contribution in [0.5, 0.6) is 5.75 Å². The zero-order valence-electron chi connectivity index (χ0n) is 10.3. The zero-order chi connectivity index (χ0) is 13.3. The Balaban J connectivity index is 2.17. The number of carbonyl (C=O) groups is 2. The third-order valence-electron chi connectivity index (χ3n) is 3.03. The van der Waals surface area contributed by atoms with Gasteiger partial charge in [0.05, 0.1) is 18.1 Å². The van der Waals surface area contributed by atoms with E-state index in [0.29, 0.717) is 13.0 Å². The number of hydrogen-bond donors (Lipinski definition) is 0. The molecule has 1 aliphatic rings. The van der Waals surface area contributed by atoms with Gasteiger partial charge >= 0.3 is 0 Å². The molecule has 1 aromatic carbocycles. The van der Waals surface area contributed by atoms with Gasteiger partial charge in [-0.3, -0.25) is 14.5 Å². The lowest BCUT2D eigenvalue weighted by molar-refractivity contribution is -0.139. The van der Waals surface area contributed by atoms with Crippen molar-refractivity contribution in [2.75, 3.05) is 7.11 Å². The third-order valence-corrected chi connectivity index (χ3v) is 3.65. The third kappa shape index (κ3) is 2.41. The fourth-order valence-corrected chi connectivity index (χ4v) is 2.59. The van der Waals surface area contributed by atoms with E-state index >= 15 is 0 Å². The number of imide groups is 1. The molecule has 4 nitrogen and oxygen atoms in total. The summed E-state index contributed by atoms with van der Waals surface area (Å²) >= 11 is 3.39. The second-order valence-electron chi connectivity index (χ2n) is 4.39. The highest BCUT2D eigenvalue weighted by Gasteiger charge is 2.35. The SMILES string of the molecule is COc1ccc(CN2C(=O)CC(C)C2=O)cc1Br. The van der Waals surface area contributed by atoms with Crippen molar-refractivity contribution >= 4 is 27.7 Å². The topological polar surface area (TPSA) is 46.6 Å². The number of likely N-dealkylation sites (tertiary alicyclic amines) is 1. The molecule has 0 saturated carbocycles. The summed E-state index contributed by atoms with van der Waals surface area (Å²) < 4.78 is 5.95. The maximum atomic E-state index is 11.8. The lowest BCUT2D eigenvalue weighted by Crippen LogP contribution is -2.29. The molecule has 0 bridgehead atoms. The maximum Gasteiger partial charge on any atom is 0.232 e. The average molecular weight is 312 g/mol. The van der Waals surface area contributed by atoms with E-state index in [1.165, 1.54) is 4.90 Å². The van der Waals surface area contributed by atoms with E-state index < -0.39 is 0 Å². The smallest absolute Gasteiger partial charge is 0.232 e. The second kappa shape index (κ2) is 5.10. The van der Waals surface area contributed by atoms with Gasteiger partial charge in [0, 0.05) is 12.3 Å². The first-order chi connectivity index (χ1) is 8.52. The number of ether oxygens (including phenoxy) is 1. The van der Waals surface area contributed by atoms with E-state index in [0.717, 1.165) is 15.8 Å². The number of halogens is 1. The molecule has 2 rings (SSSR count). The largest absolute Gasteiger partial charge is 0.496 e. The van der Waals surface area contributed by atoms with Crippen molar-refractivity contribution in [1.82, 2.24) is 4.90 Å². The fourth-order valence-electron chi connectivity index (χ4n) is 2.01. The van der Waals surface area contributed by atoms with Gasteiger partial charge in [0.1, 0.15) is 5.75 Å². The number of nitrogens with zero attached hydrogens (tertiary/aromatic N) is 1. The van der Waals surface area contributed by atoms with E-state index in [9.17, 15) is 9.59 Å². The standard InChI is InChI=1S/C13H14BrNO3/c1-8-5-12(16)15(13(8)17)7-9-3-4-11(18-2)10(14)6-9/h3-4,6,8H,5,7H2,1-2H3. The summed E-state index contributed by atoms with van der Waals surface area (Å²) in [5.74, 6) is 0.344. The van der Waals surface area contributed by atoms with Crippen LogP contribution >= 0.6 is 15.9 Å².